The molecule has 1 aliphatic rings. The number of thioether (sulfide) groups is 1. The molecule has 1 fully saturated rings. The van der Waals surface area contributed by atoms with Crippen LogP contribution in [-0.4, -0.2) is 37.8 Å². The number of hydrogen-bond acceptors (Lipinski definition) is 3. The van der Waals surface area contributed by atoms with Crippen LogP contribution in [-0.2, 0) is 10.8 Å². The summed E-state index contributed by atoms with van der Waals surface area (Å²) in [4.78, 5) is 0. The van der Waals surface area contributed by atoms with Crippen molar-refractivity contribution in [2.45, 2.75) is 82.4 Å². The first kappa shape index (κ1) is 17.5. The Morgan fingerprint density at radius 1 is 1.37 bits per heavy atom. The Bertz CT molecular complexity index is 288. The van der Waals surface area contributed by atoms with Crippen molar-refractivity contribution in [1.82, 2.24) is 5.32 Å². The molecule has 0 unspecified atom stereocenters. The summed E-state index contributed by atoms with van der Waals surface area (Å²) in [6.07, 6.45) is 4.74. The van der Waals surface area contributed by atoms with Crippen LogP contribution >= 0.6 is 11.8 Å². The van der Waals surface area contributed by atoms with E-state index in [9.17, 15) is 4.21 Å². The van der Waals surface area contributed by atoms with Crippen LogP contribution in [0, 0.1) is 0 Å². The minimum absolute atomic E-state index is 0.342. The molecule has 0 spiro atoms. The highest BCUT2D eigenvalue weighted by Crippen LogP contribution is 2.26. The molecule has 4 atom stereocenters. The van der Waals surface area contributed by atoms with E-state index in [1.807, 2.05) is 18.7 Å². The van der Waals surface area contributed by atoms with Gasteiger partial charge in [0.15, 0.2) is 0 Å². The van der Waals surface area contributed by atoms with Gasteiger partial charge in [-0.2, -0.15) is 11.8 Å². The third-order valence-electron chi connectivity index (χ3n) is 3.57. The summed E-state index contributed by atoms with van der Waals surface area (Å²) in [7, 11) is -0.612. The number of hydrogen-bond donors (Lipinski definition) is 1. The van der Waals surface area contributed by atoms with Crippen LogP contribution in [0.25, 0.3) is 0 Å². The summed E-state index contributed by atoms with van der Waals surface area (Å²) in [5.41, 5.74) is 0. The highest BCUT2D eigenvalue weighted by Gasteiger charge is 2.26. The van der Waals surface area contributed by atoms with Gasteiger partial charge in [-0.3, -0.25) is 4.21 Å². The van der Waals surface area contributed by atoms with E-state index in [1.54, 1.807) is 0 Å². The molecule has 114 valence electrons. The molecule has 2 nitrogen and oxygen atoms in total. The first-order valence-electron chi connectivity index (χ1n) is 7.59. The van der Waals surface area contributed by atoms with Gasteiger partial charge in [-0.25, -0.2) is 0 Å². The molecule has 0 aromatic rings. The molecule has 0 radical (unpaired) electrons. The third-order valence-corrected chi connectivity index (χ3v) is 6.84. The molecule has 0 bridgehead atoms. The van der Waals surface area contributed by atoms with Crippen LogP contribution < -0.4 is 5.32 Å². The van der Waals surface area contributed by atoms with Crippen LogP contribution in [0.3, 0.4) is 0 Å². The zero-order chi connectivity index (χ0) is 14.5. The fraction of sp³-hybridized carbons (Fsp3) is 1.00. The molecule has 1 aliphatic carbocycles. The van der Waals surface area contributed by atoms with Gasteiger partial charge < -0.3 is 5.32 Å². The minimum Gasteiger partial charge on any atom is -0.311 e. The molecule has 0 heterocycles. The lowest BCUT2D eigenvalue weighted by atomic mass is 9.94. The Balaban J connectivity index is 2.33. The van der Waals surface area contributed by atoms with Crippen molar-refractivity contribution >= 4 is 22.6 Å². The monoisotopic (exact) mass is 305 g/mol. The zero-order valence-corrected chi connectivity index (χ0v) is 14.8. The number of rotatable bonds is 6. The van der Waals surface area contributed by atoms with E-state index >= 15 is 0 Å². The molecule has 0 amide bonds. The Hall–Kier alpha value is 0.460. The van der Waals surface area contributed by atoms with E-state index in [-0.39, 0.29) is 0 Å². The zero-order valence-electron chi connectivity index (χ0n) is 13.2. The fourth-order valence-corrected chi connectivity index (χ4v) is 4.79. The van der Waals surface area contributed by atoms with Gasteiger partial charge in [-0.05, 0) is 26.2 Å². The Morgan fingerprint density at radius 2 is 2.05 bits per heavy atom. The maximum absolute atomic E-state index is 11.9. The van der Waals surface area contributed by atoms with Crippen LogP contribution in [0.1, 0.15) is 60.3 Å². The average molecular weight is 306 g/mol. The molecule has 0 saturated heterocycles. The molecule has 0 aromatic heterocycles. The third kappa shape index (κ3) is 7.14. The Kier molecular flexibility index (Phi) is 7.41. The van der Waals surface area contributed by atoms with Gasteiger partial charge in [-0.15, -0.1) is 0 Å². The van der Waals surface area contributed by atoms with Gasteiger partial charge in [0.25, 0.3) is 0 Å². The topological polar surface area (TPSA) is 29.1 Å². The molecule has 1 N–H and O–H groups in total. The van der Waals surface area contributed by atoms with Gasteiger partial charge in [0.2, 0.25) is 0 Å². The first-order chi connectivity index (χ1) is 8.81. The molecule has 1 saturated carbocycles. The van der Waals surface area contributed by atoms with Crippen LogP contribution in [0.4, 0.5) is 0 Å². The maximum atomic E-state index is 11.9. The van der Waals surface area contributed by atoms with E-state index in [1.165, 1.54) is 12.8 Å². The second-order valence-corrected chi connectivity index (χ2v) is 10.5. The Morgan fingerprint density at radius 3 is 2.63 bits per heavy atom. The van der Waals surface area contributed by atoms with Crippen molar-refractivity contribution in [3.8, 4) is 0 Å². The lowest BCUT2D eigenvalue weighted by Crippen LogP contribution is -2.43. The summed E-state index contributed by atoms with van der Waals surface area (Å²) in [5.74, 6) is 1.97. The molecule has 0 aliphatic heterocycles. The first-order valence-corrected chi connectivity index (χ1v) is 9.95. The minimum atomic E-state index is -0.612. The van der Waals surface area contributed by atoms with Gasteiger partial charge in [0.1, 0.15) is 0 Å². The van der Waals surface area contributed by atoms with Crippen molar-refractivity contribution in [2.24, 2.45) is 0 Å². The highest BCUT2D eigenvalue weighted by molar-refractivity contribution is 8.00. The van der Waals surface area contributed by atoms with E-state index in [2.05, 4.69) is 33.0 Å². The molecular weight excluding hydrogens is 274 g/mol. The van der Waals surface area contributed by atoms with E-state index in [0.717, 1.165) is 24.3 Å². The molecule has 19 heavy (non-hydrogen) atoms. The molecule has 1 rings (SSSR count). The van der Waals surface area contributed by atoms with Crippen molar-refractivity contribution < 1.29 is 4.21 Å². The van der Waals surface area contributed by atoms with E-state index < -0.39 is 10.8 Å². The molecular formula is C15H31NOS2. The Labute approximate surface area is 126 Å². The largest absolute Gasteiger partial charge is 0.311 e. The summed E-state index contributed by atoms with van der Waals surface area (Å²) in [6, 6.07) is 1.12. The van der Waals surface area contributed by atoms with Gasteiger partial charge >= 0.3 is 0 Å². The van der Waals surface area contributed by atoms with Crippen molar-refractivity contribution in [3.63, 3.8) is 0 Å². The van der Waals surface area contributed by atoms with Crippen molar-refractivity contribution in [2.75, 3.05) is 11.5 Å². The van der Waals surface area contributed by atoms with Gasteiger partial charge in [-0.1, -0.05) is 34.1 Å². The van der Waals surface area contributed by atoms with Crippen molar-refractivity contribution in [1.29, 1.82) is 0 Å². The van der Waals surface area contributed by atoms with Gasteiger partial charge in [0, 0.05) is 44.4 Å². The lowest BCUT2D eigenvalue weighted by molar-refractivity contribution is 0.357. The van der Waals surface area contributed by atoms with Crippen LogP contribution in [0.2, 0.25) is 0 Å². The molecule has 0 aromatic carbocycles. The van der Waals surface area contributed by atoms with Crippen molar-refractivity contribution in [3.05, 3.63) is 0 Å². The SMILES string of the molecule is CC[S@](=O)[C@@H]1CCC[C@@H](N[C@@H](C)CSC(C)(C)C)C1. The second kappa shape index (κ2) is 8.04. The maximum Gasteiger partial charge on any atom is 0.0362 e. The predicted molar refractivity (Wildman–Crippen MR) is 89.5 cm³/mol. The summed E-state index contributed by atoms with van der Waals surface area (Å²) >= 11 is 2.02. The summed E-state index contributed by atoms with van der Waals surface area (Å²) in [5, 5.41) is 4.17. The fourth-order valence-electron chi connectivity index (χ4n) is 2.60. The van der Waals surface area contributed by atoms with Crippen LogP contribution in [0.15, 0.2) is 0 Å². The summed E-state index contributed by atoms with van der Waals surface area (Å²) in [6.45, 7) is 11.1. The normalized spacial score (nSPS) is 28.1. The number of nitrogens with one attached hydrogen (secondary N) is 1. The predicted octanol–water partition coefficient (Wildman–Crippen LogP) is 3.58. The van der Waals surface area contributed by atoms with E-state index in [4.69, 9.17) is 0 Å². The standard InChI is InChI=1S/C15H31NOS2/c1-6-19(17)14-9-7-8-13(10-14)16-12(2)11-18-15(3,4)5/h12-14,16H,6-11H2,1-5H3/t12-,13+,14+,19-/m0/s1. The second-order valence-electron chi connectivity index (χ2n) is 6.65. The van der Waals surface area contributed by atoms with Gasteiger partial charge in [0.05, 0.1) is 0 Å². The highest BCUT2D eigenvalue weighted by atomic mass is 32.2. The average Bonchev–Trinajstić information content (AvgIpc) is 2.35. The molecule has 4 heteroatoms. The lowest BCUT2D eigenvalue weighted by Gasteiger charge is -2.32. The smallest absolute Gasteiger partial charge is 0.0362 e. The quantitative estimate of drug-likeness (QED) is 0.813. The summed E-state index contributed by atoms with van der Waals surface area (Å²) < 4.78 is 12.3. The van der Waals surface area contributed by atoms with Crippen LogP contribution in [0.5, 0.6) is 0 Å². The van der Waals surface area contributed by atoms with E-state index in [0.29, 0.717) is 22.1 Å².